The minimum atomic E-state index is 0.471. The largest absolute Gasteiger partial charge is 0.497 e. The summed E-state index contributed by atoms with van der Waals surface area (Å²) in [6.45, 7) is 3.93. The molecule has 0 radical (unpaired) electrons. The second-order valence-electron chi connectivity index (χ2n) is 6.24. The molecule has 0 saturated heterocycles. The van der Waals surface area contributed by atoms with Crippen LogP contribution in [-0.4, -0.2) is 31.3 Å². The normalized spacial score (nSPS) is 10.3. The van der Waals surface area contributed by atoms with Crippen molar-refractivity contribution in [3.63, 3.8) is 0 Å². The summed E-state index contributed by atoms with van der Waals surface area (Å²) in [4.78, 5) is 9.05. The first-order chi connectivity index (χ1) is 13.5. The lowest BCUT2D eigenvalue weighted by Crippen LogP contribution is -2.04. The maximum absolute atomic E-state index is 5.44. The van der Waals surface area contributed by atoms with E-state index >= 15 is 0 Å². The second-order valence-corrected chi connectivity index (χ2v) is 6.24. The Labute approximate surface area is 164 Å². The molecule has 28 heavy (non-hydrogen) atoms. The van der Waals surface area contributed by atoms with E-state index in [9.17, 15) is 0 Å². The van der Waals surface area contributed by atoms with Gasteiger partial charge in [-0.3, -0.25) is 0 Å². The standard InChI is InChI=1S/C21H24N4O3/c1-13-6-9-18(27-4)17(10-13)24-21-22-14(2)11-20(25-21)23-16-8-7-15(26-3)12-19(16)28-5/h6-12H,1-5H3,(H2,22,23,24,25). The molecular formula is C21H24N4O3. The first kappa shape index (κ1) is 19.3. The van der Waals surface area contributed by atoms with Crippen LogP contribution in [0.4, 0.5) is 23.1 Å². The van der Waals surface area contributed by atoms with E-state index in [2.05, 4.69) is 20.6 Å². The Balaban J connectivity index is 1.89. The molecule has 0 aliphatic rings. The van der Waals surface area contributed by atoms with Crippen molar-refractivity contribution in [3.05, 3.63) is 53.7 Å². The molecule has 0 aliphatic heterocycles. The molecular weight excluding hydrogens is 356 g/mol. The van der Waals surface area contributed by atoms with Crippen molar-refractivity contribution in [2.75, 3.05) is 32.0 Å². The molecule has 7 nitrogen and oxygen atoms in total. The lowest BCUT2D eigenvalue weighted by atomic mass is 10.2. The number of benzene rings is 2. The minimum Gasteiger partial charge on any atom is -0.497 e. The molecule has 2 aromatic carbocycles. The predicted octanol–water partition coefficient (Wildman–Crippen LogP) is 4.61. The van der Waals surface area contributed by atoms with Gasteiger partial charge in [0.2, 0.25) is 5.95 Å². The Morgan fingerprint density at radius 1 is 0.714 bits per heavy atom. The van der Waals surface area contributed by atoms with Gasteiger partial charge in [0.25, 0.3) is 0 Å². The number of aromatic nitrogens is 2. The van der Waals surface area contributed by atoms with Gasteiger partial charge in [-0.25, -0.2) is 4.98 Å². The van der Waals surface area contributed by atoms with Gasteiger partial charge in [0.1, 0.15) is 23.1 Å². The smallest absolute Gasteiger partial charge is 0.229 e. The van der Waals surface area contributed by atoms with Gasteiger partial charge >= 0.3 is 0 Å². The Kier molecular flexibility index (Phi) is 5.84. The molecule has 0 fully saturated rings. The van der Waals surface area contributed by atoms with Gasteiger partial charge < -0.3 is 24.8 Å². The highest BCUT2D eigenvalue weighted by molar-refractivity contribution is 5.68. The first-order valence-electron chi connectivity index (χ1n) is 8.78. The quantitative estimate of drug-likeness (QED) is 0.620. The molecule has 146 valence electrons. The summed E-state index contributed by atoms with van der Waals surface area (Å²) in [7, 11) is 4.87. The number of hydrogen-bond donors (Lipinski definition) is 2. The maximum atomic E-state index is 5.44. The molecule has 3 aromatic rings. The lowest BCUT2D eigenvalue weighted by molar-refractivity contribution is 0.395. The van der Waals surface area contributed by atoms with E-state index in [0.717, 1.165) is 34.1 Å². The van der Waals surface area contributed by atoms with Crippen LogP contribution in [0.3, 0.4) is 0 Å². The number of ether oxygens (including phenoxy) is 3. The highest BCUT2D eigenvalue weighted by atomic mass is 16.5. The van der Waals surface area contributed by atoms with Gasteiger partial charge in [0.15, 0.2) is 0 Å². The zero-order valence-corrected chi connectivity index (χ0v) is 16.7. The van der Waals surface area contributed by atoms with Gasteiger partial charge in [-0.15, -0.1) is 0 Å². The summed E-state index contributed by atoms with van der Waals surface area (Å²) in [5.74, 6) is 3.21. The molecule has 0 saturated carbocycles. The van der Waals surface area contributed by atoms with Crippen LogP contribution in [0.2, 0.25) is 0 Å². The third kappa shape index (κ3) is 4.43. The summed E-state index contributed by atoms with van der Waals surface area (Å²) in [5, 5.41) is 6.52. The molecule has 0 aliphatic carbocycles. The Hall–Kier alpha value is -3.48. The van der Waals surface area contributed by atoms with Crippen molar-refractivity contribution in [1.82, 2.24) is 9.97 Å². The molecule has 0 amide bonds. The lowest BCUT2D eigenvalue weighted by Gasteiger charge is -2.14. The SMILES string of the molecule is COc1ccc(Nc2cc(C)nc(Nc3cc(C)ccc3OC)n2)c(OC)c1. The number of hydrogen-bond acceptors (Lipinski definition) is 7. The molecule has 1 heterocycles. The van der Waals surface area contributed by atoms with Crippen molar-refractivity contribution >= 4 is 23.1 Å². The molecule has 2 N–H and O–H groups in total. The topological polar surface area (TPSA) is 77.5 Å². The van der Waals surface area contributed by atoms with Crippen molar-refractivity contribution in [3.8, 4) is 17.2 Å². The number of methoxy groups -OCH3 is 3. The van der Waals surface area contributed by atoms with Gasteiger partial charge in [-0.1, -0.05) is 6.07 Å². The van der Waals surface area contributed by atoms with E-state index in [1.54, 1.807) is 21.3 Å². The van der Waals surface area contributed by atoms with E-state index in [0.29, 0.717) is 17.5 Å². The number of anilines is 4. The van der Waals surface area contributed by atoms with Crippen molar-refractivity contribution in [2.24, 2.45) is 0 Å². The number of nitrogens with one attached hydrogen (secondary N) is 2. The van der Waals surface area contributed by atoms with Crippen LogP contribution in [0.25, 0.3) is 0 Å². The first-order valence-corrected chi connectivity index (χ1v) is 8.78. The maximum Gasteiger partial charge on any atom is 0.229 e. The van der Waals surface area contributed by atoms with Crippen molar-refractivity contribution < 1.29 is 14.2 Å². The van der Waals surface area contributed by atoms with Crippen molar-refractivity contribution in [2.45, 2.75) is 13.8 Å². The molecule has 1 aromatic heterocycles. The summed E-state index contributed by atoms with van der Waals surface area (Å²) in [6, 6.07) is 13.3. The zero-order chi connectivity index (χ0) is 20.1. The van der Waals surface area contributed by atoms with Gasteiger partial charge in [0, 0.05) is 17.8 Å². The third-order valence-electron chi connectivity index (χ3n) is 4.13. The molecule has 0 unspecified atom stereocenters. The Bertz CT molecular complexity index is 976. The van der Waals surface area contributed by atoms with Gasteiger partial charge in [-0.2, -0.15) is 4.98 Å². The van der Waals surface area contributed by atoms with E-state index in [1.165, 1.54) is 0 Å². The van der Waals surface area contributed by atoms with Crippen LogP contribution in [0.15, 0.2) is 42.5 Å². The van der Waals surface area contributed by atoms with E-state index in [-0.39, 0.29) is 0 Å². The highest BCUT2D eigenvalue weighted by Crippen LogP contribution is 2.32. The van der Waals surface area contributed by atoms with Gasteiger partial charge in [-0.05, 0) is 43.7 Å². The zero-order valence-electron chi connectivity index (χ0n) is 16.7. The summed E-state index contributed by atoms with van der Waals surface area (Å²) in [6.07, 6.45) is 0. The fourth-order valence-electron chi connectivity index (χ4n) is 2.77. The van der Waals surface area contributed by atoms with E-state index in [1.807, 2.05) is 56.3 Å². The summed E-state index contributed by atoms with van der Waals surface area (Å²) >= 11 is 0. The fraction of sp³-hybridized carbons (Fsp3) is 0.238. The molecule has 3 rings (SSSR count). The average Bonchev–Trinajstić information content (AvgIpc) is 2.68. The van der Waals surface area contributed by atoms with Crippen LogP contribution >= 0.6 is 0 Å². The molecule has 0 atom stereocenters. The molecule has 0 spiro atoms. The summed E-state index contributed by atoms with van der Waals surface area (Å²) in [5.41, 5.74) is 3.51. The summed E-state index contributed by atoms with van der Waals surface area (Å²) < 4.78 is 16.1. The predicted molar refractivity (Wildman–Crippen MR) is 111 cm³/mol. The molecule has 0 bridgehead atoms. The van der Waals surface area contributed by atoms with Crippen LogP contribution in [0, 0.1) is 13.8 Å². The van der Waals surface area contributed by atoms with Crippen LogP contribution in [-0.2, 0) is 0 Å². The second kappa shape index (κ2) is 8.47. The Morgan fingerprint density at radius 3 is 2.21 bits per heavy atom. The number of nitrogens with zero attached hydrogens (tertiary/aromatic N) is 2. The van der Waals surface area contributed by atoms with Crippen LogP contribution < -0.4 is 24.8 Å². The number of aryl methyl sites for hydroxylation is 2. The Morgan fingerprint density at radius 2 is 1.50 bits per heavy atom. The third-order valence-corrected chi connectivity index (χ3v) is 4.13. The van der Waals surface area contributed by atoms with E-state index < -0.39 is 0 Å². The van der Waals surface area contributed by atoms with Crippen molar-refractivity contribution in [1.29, 1.82) is 0 Å². The fourth-order valence-corrected chi connectivity index (χ4v) is 2.77. The average molecular weight is 380 g/mol. The monoisotopic (exact) mass is 380 g/mol. The minimum absolute atomic E-state index is 0.471. The molecule has 7 heteroatoms. The van der Waals surface area contributed by atoms with E-state index in [4.69, 9.17) is 14.2 Å². The van der Waals surface area contributed by atoms with Crippen LogP contribution in [0.1, 0.15) is 11.3 Å². The highest BCUT2D eigenvalue weighted by Gasteiger charge is 2.10. The number of rotatable bonds is 7. The van der Waals surface area contributed by atoms with Gasteiger partial charge in [0.05, 0.1) is 32.7 Å². The van der Waals surface area contributed by atoms with Crippen LogP contribution in [0.5, 0.6) is 17.2 Å².